The highest BCUT2D eigenvalue weighted by molar-refractivity contribution is 6.07. The van der Waals surface area contributed by atoms with E-state index in [-0.39, 0.29) is 24.4 Å². The van der Waals surface area contributed by atoms with Gasteiger partial charge in [0.05, 0.1) is 23.8 Å². The van der Waals surface area contributed by atoms with Crippen LogP contribution >= 0.6 is 0 Å². The van der Waals surface area contributed by atoms with Crippen molar-refractivity contribution in [3.05, 3.63) is 76.7 Å². The molecule has 2 aromatic carbocycles. The predicted octanol–water partition coefficient (Wildman–Crippen LogP) is 4.03. The van der Waals surface area contributed by atoms with E-state index >= 15 is 0 Å². The Morgan fingerprint density at radius 2 is 1.96 bits per heavy atom. The third-order valence-electron chi connectivity index (χ3n) is 4.97. The van der Waals surface area contributed by atoms with Crippen molar-refractivity contribution in [1.82, 2.24) is 9.88 Å². The number of carbonyl (C=O) groups excluding carboxylic acids is 1. The highest BCUT2D eigenvalue weighted by atomic mass is 19.1. The van der Waals surface area contributed by atoms with Gasteiger partial charge in [0.1, 0.15) is 5.82 Å². The normalized spacial score (nSPS) is 14.4. The molecule has 0 bridgehead atoms. The van der Waals surface area contributed by atoms with Crippen molar-refractivity contribution >= 4 is 16.8 Å². The quantitative estimate of drug-likeness (QED) is 0.702. The van der Waals surface area contributed by atoms with Gasteiger partial charge in [0.25, 0.3) is 5.91 Å². The Morgan fingerprint density at radius 3 is 2.74 bits per heavy atom. The molecule has 27 heavy (non-hydrogen) atoms. The summed E-state index contributed by atoms with van der Waals surface area (Å²) in [5.41, 5.74) is 3.96. The molecule has 3 aromatic rings. The summed E-state index contributed by atoms with van der Waals surface area (Å²) in [5, 5.41) is 0.876. The second-order valence-electron chi connectivity index (χ2n) is 7.02. The number of nitrogens with zero attached hydrogens (tertiary/aromatic N) is 2. The minimum Gasteiger partial charge on any atom is -0.370 e. The van der Waals surface area contributed by atoms with Gasteiger partial charge in [0.2, 0.25) is 0 Å². The van der Waals surface area contributed by atoms with E-state index in [9.17, 15) is 9.18 Å². The first kappa shape index (κ1) is 17.6. The molecule has 4 rings (SSSR count). The van der Waals surface area contributed by atoms with Crippen LogP contribution < -0.4 is 0 Å². The number of amides is 1. The molecule has 4 nitrogen and oxygen atoms in total. The lowest BCUT2D eigenvalue weighted by molar-refractivity contribution is -0.0509. The average Bonchev–Trinajstić information content (AvgIpc) is 2.62. The third kappa shape index (κ3) is 3.43. The van der Waals surface area contributed by atoms with Crippen LogP contribution in [0.1, 0.15) is 27.2 Å². The number of aryl methyl sites for hydroxylation is 2. The topological polar surface area (TPSA) is 42.4 Å². The van der Waals surface area contributed by atoms with E-state index in [4.69, 9.17) is 4.74 Å². The van der Waals surface area contributed by atoms with Crippen LogP contribution in [0.5, 0.6) is 0 Å². The summed E-state index contributed by atoms with van der Waals surface area (Å²) in [7, 11) is 0. The van der Waals surface area contributed by atoms with Crippen molar-refractivity contribution < 1.29 is 13.9 Å². The van der Waals surface area contributed by atoms with Gasteiger partial charge in [-0.1, -0.05) is 36.4 Å². The van der Waals surface area contributed by atoms with Gasteiger partial charge in [-0.15, -0.1) is 0 Å². The van der Waals surface area contributed by atoms with Gasteiger partial charge in [-0.2, -0.15) is 0 Å². The number of benzene rings is 2. The zero-order valence-corrected chi connectivity index (χ0v) is 15.4. The summed E-state index contributed by atoms with van der Waals surface area (Å²) in [6, 6.07) is 14.3. The molecule has 2 heterocycles. The minimum absolute atomic E-state index is 0.0122. The van der Waals surface area contributed by atoms with Gasteiger partial charge in [-0.05, 0) is 31.5 Å². The molecule has 0 radical (unpaired) electrons. The predicted molar refractivity (Wildman–Crippen MR) is 102 cm³/mol. The number of pyridine rings is 1. The van der Waals surface area contributed by atoms with E-state index in [1.54, 1.807) is 23.1 Å². The van der Waals surface area contributed by atoms with Crippen molar-refractivity contribution in [2.45, 2.75) is 26.6 Å². The summed E-state index contributed by atoms with van der Waals surface area (Å²) in [5.74, 6) is -0.277. The number of likely N-dealkylation sites (tertiary alicyclic amines) is 1. The Balaban J connectivity index is 1.44. The van der Waals surface area contributed by atoms with Crippen molar-refractivity contribution in [2.24, 2.45) is 0 Å². The second-order valence-corrected chi connectivity index (χ2v) is 7.02. The number of hydrogen-bond acceptors (Lipinski definition) is 3. The lowest BCUT2D eigenvalue weighted by Gasteiger charge is -2.39. The van der Waals surface area contributed by atoms with Gasteiger partial charge in [-0.3, -0.25) is 9.78 Å². The third-order valence-corrected chi connectivity index (χ3v) is 4.97. The molecule has 1 aliphatic rings. The summed E-state index contributed by atoms with van der Waals surface area (Å²) in [6.07, 6.45) is -0.0653. The molecule has 1 aliphatic heterocycles. The van der Waals surface area contributed by atoms with Gasteiger partial charge in [0.15, 0.2) is 0 Å². The zero-order valence-electron chi connectivity index (χ0n) is 15.4. The van der Waals surface area contributed by atoms with E-state index in [1.807, 2.05) is 38.1 Å². The maximum atomic E-state index is 13.7. The number of rotatable bonds is 4. The van der Waals surface area contributed by atoms with Gasteiger partial charge in [0, 0.05) is 29.7 Å². The second kappa shape index (κ2) is 7.08. The van der Waals surface area contributed by atoms with Crippen LogP contribution in [0.4, 0.5) is 4.39 Å². The summed E-state index contributed by atoms with van der Waals surface area (Å²) in [6.45, 7) is 5.15. The highest BCUT2D eigenvalue weighted by Gasteiger charge is 2.33. The Morgan fingerprint density at radius 1 is 1.19 bits per heavy atom. The number of carbonyl (C=O) groups is 1. The average molecular weight is 364 g/mol. The van der Waals surface area contributed by atoms with Crippen LogP contribution in [-0.2, 0) is 11.3 Å². The fourth-order valence-corrected chi connectivity index (χ4v) is 3.40. The Kier molecular flexibility index (Phi) is 4.62. The Bertz CT molecular complexity index is 1010. The maximum Gasteiger partial charge on any atom is 0.254 e. The minimum atomic E-state index is -0.265. The van der Waals surface area contributed by atoms with Crippen molar-refractivity contribution in [2.75, 3.05) is 13.1 Å². The number of halogens is 1. The Hall–Kier alpha value is -2.79. The fourth-order valence-electron chi connectivity index (χ4n) is 3.40. The molecular formula is C22H21FN2O2. The highest BCUT2D eigenvalue weighted by Crippen LogP contribution is 2.25. The first-order valence-electron chi connectivity index (χ1n) is 9.04. The van der Waals surface area contributed by atoms with E-state index < -0.39 is 0 Å². The van der Waals surface area contributed by atoms with E-state index in [2.05, 4.69) is 4.98 Å². The van der Waals surface area contributed by atoms with Crippen LogP contribution in [0.25, 0.3) is 10.9 Å². The molecule has 0 atom stereocenters. The molecule has 1 amide bonds. The molecule has 138 valence electrons. The van der Waals surface area contributed by atoms with Crippen molar-refractivity contribution in [3.63, 3.8) is 0 Å². The van der Waals surface area contributed by atoms with E-state index in [1.165, 1.54) is 6.07 Å². The molecule has 0 unspecified atom stereocenters. The largest absolute Gasteiger partial charge is 0.370 e. The van der Waals surface area contributed by atoms with Crippen LogP contribution in [0.3, 0.4) is 0 Å². The molecule has 5 heteroatoms. The standard InChI is InChI=1S/C22H21FN2O2/c1-14-6-5-8-18-19(10-15(2)24-21(14)18)22(26)25-11-17(12-25)27-13-16-7-3-4-9-20(16)23/h3-10,17H,11-13H2,1-2H3. The molecule has 1 fully saturated rings. The first-order chi connectivity index (χ1) is 13.0. The molecule has 0 aliphatic carbocycles. The number of aromatic nitrogens is 1. The van der Waals surface area contributed by atoms with Crippen LogP contribution in [-0.4, -0.2) is 35.0 Å². The van der Waals surface area contributed by atoms with Crippen molar-refractivity contribution in [1.29, 1.82) is 0 Å². The molecule has 0 N–H and O–H groups in total. The Labute approximate surface area is 157 Å². The van der Waals surface area contributed by atoms with Crippen LogP contribution in [0.15, 0.2) is 48.5 Å². The van der Waals surface area contributed by atoms with E-state index in [0.717, 1.165) is 22.2 Å². The zero-order chi connectivity index (χ0) is 19.0. The number of hydrogen-bond donors (Lipinski definition) is 0. The molecule has 1 aromatic heterocycles. The summed E-state index contributed by atoms with van der Waals surface area (Å²) >= 11 is 0. The SMILES string of the molecule is Cc1cc(C(=O)N2CC(OCc3ccccc3F)C2)c2cccc(C)c2n1. The lowest BCUT2D eigenvalue weighted by Crippen LogP contribution is -2.54. The molecule has 1 saturated heterocycles. The summed E-state index contributed by atoms with van der Waals surface area (Å²) < 4.78 is 19.4. The van der Waals surface area contributed by atoms with Gasteiger partial charge < -0.3 is 9.64 Å². The monoisotopic (exact) mass is 364 g/mol. The van der Waals surface area contributed by atoms with Gasteiger partial charge >= 0.3 is 0 Å². The van der Waals surface area contributed by atoms with Crippen molar-refractivity contribution in [3.8, 4) is 0 Å². The molecular weight excluding hydrogens is 343 g/mol. The number of para-hydroxylation sites is 1. The van der Waals surface area contributed by atoms with Crippen LogP contribution in [0, 0.1) is 19.7 Å². The lowest BCUT2D eigenvalue weighted by atomic mass is 10.0. The number of ether oxygens (including phenoxy) is 1. The van der Waals surface area contributed by atoms with Gasteiger partial charge in [-0.25, -0.2) is 4.39 Å². The molecule has 0 saturated carbocycles. The van der Waals surface area contributed by atoms with E-state index in [0.29, 0.717) is 24.2 Å². The fraction of sp³-hybridized carbons (Fsp3) is 0.273. The number of fused-ring (bicyclic) bond motifs is 1. The maximum absolute atomic E-state index is 13.7. The smallest absolute Gasteiger partial charge is 0.254 e. The molecule has 0 spiro atoms. The van der Waals surface area contributed by atoms with Crippen LogP contribution in [0.2, 0.25) is 0 Å². The first-order valence-corrected chi connectivity index (χ1v) is 9.04. The summed E-state index contributed by atoms with van der Waals surface area (Å²) in [4.78, 5) is 19.3.